The Morgan fingerprint density at radius 2 is 2.41 bits per heavy atom. The zero-order valence-corrected chi connectivity index (χ0v) is 11.4. The number of hydrogen-bond donors (Lipinski definition) is 3. The summed E-state index contributed by atoms with van der Waals surface area (Å²) >= 11 is 0. The van der Waals surface area contributed by atoms with Gasteiger partial charge in [-0.2, -0.15) is 10.4 Å². The highest BCUT2D eigenvalue weighted by atomic mass is 19.1. The number of fused-ring (bicyclic) bond motifs is 1. The number of aromatic nitrogens is 3. The molecular formula is C13H14FN5O3. The highest BCUT2D eigenvalue weighted by molar-refractivity contribution is 5.65. The molecule has 2 aromatic rings. The molecule has 116 valence electrons. The lowest BCUT2D eigenvalue weighted by Gasteiger charge is -2.27. The monoisotopic (exact) mass is 307 g/mol. The Morgan fingerprint density at radius 1 is 1.64 bits per heavy atom. The van der Waals surface area contributed by atoms with Crippen molar-refractivity contribution >= 4 is 11.3 Å². The minimum atomic E-state index is -2.07. The average Bonchev–Trinajstić information content (AvgIpc) is 3.05. The number of nitrogens with two attached hydrogens (primary N) is 1. The smallest absolute Gasteiger partial charge is 0.164 e. The molecule has 0 aromatic carbocycles. The van der Waals surface area contributed by atoms with E-state index in [4.69, 9.17) is 20.8 Å². The maximum Gasteiger partial charge on any atom is 0.164 e. The van der Waals surface area contributed by atoms with Crippen molar-refractivity contribution in [1.82, 2.24) is 14.6 Å². The predicted octanol–water partition coefficient (Wildman–Crippen LogP) is -0.416. The van der Waals surface area contributed by atoms with Gasteiger partial charge in [0.25, 0.3) is 0 Å². The van der Waals surface area contributed by atoms with E-state index in [1.165, 1.54) is 10.8 Å². The van der Waals surface area contributed by atoms with Crippen LogP contribution in [0.15, 0.2) is 18.5 Å². The van der Waals surface area contributed by atoms with Crippen LogP contribution in [0.25, 0.3) is 5.52 Å². The van der Waals surface area contributed by atoms with Gasteiger partial charge in [0, 0.05) is 0 Å². The van der Waals surface area contributed by atoms with E-state index in [0.29, 0.717) is 11.2 Å². The molecular weight excluding hydrogens is 293 g/mol. The second kappa shape index (κ2) is 5.17. The van der Waals surface area contributed by atoms with E-state index >= 15 is 0 Å². The van der Waals surface area contributed by atoms with Crippen molar-refractivity contribution in [3.8, 4) is 6.07 Å². The summed E-state index contributed by atoms with van der Waals surface area (Å²) in [5, 5.41) is 32.5. The van der Waals surface area contributed by atoms with Crippen LogP contribution in [-0.2, 0) is 4.74 Å². The molecule has 9 heteroatoms. The first kappa shape index (κ1) is 14.6. The Morgan fingerprint density at radius 3 is 3.09 bits per heavy atom. The molecule has 1 unspecified atom stereocenters. The molecule has 4 N–H and O–H groups in total. The van der Waals surface area contributed by atoms with Crippen LogP contribution in [0.5, 0.6) is 0 Å². The number of nitrogen functional groups attached to an aromatic ring is 1. The Kier molecular flexibility index (Phi) is 3.44. The predicted molar refractivity (Wildman–Crippen MR) is 72.1 cm³/mol. The Bertz CT molecular complexity index is 745. The minimum absolute atomic E-state index is 0.232. The summed E-state index contributed by atoms with van der Waals surface area (Å²) < 4.78 is 21.5. The molecule has 8 nitrogen and oxygen atoms in total. The average molecular weight is 307 g/mol. The number of aliphatic hydroxyl groups excluding tert-OH is 1. The van der Waals surface area contributed by atoms with Crippen LogP contribution >= 0.6 is 0 Å². The number of nitriles is 1. The number of hydrogen-bond acceptors (Lipinski definition) is 7. The van der Waals surface area contributed by atoms with Gasteiger partial charge in [0.1, 0.15) is 29.5 Å². The molecule has 0 radical (unpaired) electrons. The fraction of sp³-hybridized carbons (Fsp3) is 0.462. The van der Waals surface area contributed by atoms with Gasteiger partial charge >= 0.3 is 0 Å². The zero-order valence-electron chi connectivity index (χ0n) is 11.4. The van der Waals surface area contributed by atoms with E-state index in [1.807, 2.05) is 0 Å². The molecule has 0 amide bonds. The number of rotatable bonds is 3. The molecule has 0 bridgehead atoms. The number of ether oxygens (including phenoxy) is 1. The highest BCUT2D eigenvalue weighted by Gasteiger charge is 2.55. The molecule has 3 rings (SSSR count). The molecule has 1 aliphatic rings. The molecule has 1 saturated heterocycles. The third kappa shape index (κ3) is 1.93. The van der Waals surface area contributed by atoms with Crippen molar-refractivity contribution in [1.29, 1.82) is 5.26 Å². The van der Waals surface area contributed by atoms with Crippen molar-refractivity contribution in [3.05, 3.63) is 24.2 Å². The maximum absolute atomic E-state index is 14.7. The first-order chi connectivity index (χ1) is 10.5. The molecule has 0 aliphatic carbocycles. The van der Waals surface area contributed by atoms with E-state index in [1.54, 1.807) is 18.2 Å². The zero-order chi connectivity index (χ0) is 15.9. The van der Waals surface area contributed by atoms with E-state index in [-0.39, 0.29) is 5.82 Å². The van der Waals surface area contributed by atoms with Crippen LogP contribution in [0.4, 0.5) is 10.2 Å². The molecule has 22 heavy (non-hydrogen) atoms. The van der Waals surface area contributed by atoms with Crippen molar-refractivity contribution in [3.63, 3.8) is 0 Å². The fourth-order valence-corrected chi connectivity index (χ4v) is 2.68. The number of anilines is 1. The number of alkyl halides is 1. The van der Waals surface area contributed by atoms with Crippen LogP contribution in [0.3, 0.4) is 0 Å². The lowest BCUT2D eigenvalue weighted by atomic mass is 9.84. The lowest BCUT2D eigenvalue weighted by molar-refractivity contribution is -0.0573. The van der Waals surface area contributed by atoms with Gasteiger partial charge in [-0.15, -0.1) is 0 Å². The van der Waals surface area contributed by atoms with Crippen molar-refractivity contribution in [2.45, 2.75) is 17.9 Å². The Balaban J connectivity index is 2.00. The van der Waals surface area contributed by atoms with Gasteiger partial charge in [-0.1, -0.05) is 0 Å². The van der Waals surface area contributed by atoms with E-state index in [9.17, 15) is 9.50 Å². The van der Waals surface area contributed by atoms with Gasteiger partial charge in [0.2, 0.25) is 0 Å². The molecule has 1 fully saturated rings. The summed E-state index contributed by atoms with van der Waals surface area (Å²) in [6.45, 7) is -1.06. The third-order valence-corrected chi connectivity index (χ3v) is 3.98. The Labute approximate surface area is 124 Å². The van der Waals surface area contributed by atoms with Crippen molar-refractivity contribution in [2.75, 3.05) is 18.9 Å². The van der Waals surface area contributed by atoms with Crippen LogP contribution < -0.4 is 5.73 Å². The molecule has 3 heterocycles. The molecule has 4 atom stereocenters. The molecule has 0 spiro atoms. The van der Waals surface area contributed by atoms with Gasteiger partial charge in [-0.05, 0) is 12.1 Å². The molecule has 2 aromatic heterocycles. The quantitative estimate of drug-likeness (QED) is 0.702. The van der Waals surface area contributed by atoms with Crippen molar-refractivity contribution in [2.24, 2.45) is 5.92 Å². The van der Waals surface area contributed by atoms with Gasteiger partial charge in [0.15, 0.2) is 12.0 Å². The molecule has 1 aliphatic heterocycles. The summed E-state index contributed by atoms with van der Waals surface area (Å²) in [5.74, 6) is -1.05. The third-order valence-electron chi connectivity index (χ3n) is 3.98. The number of aliphatic hydroxyl groups is 2. The number of halogens is 1. The fourth-order valence-electron chi connectivity index (χ4n) is 2.68. The summed E-state index contributed by atoms with van der Waals surface area (Å²) in [5.41, 5.74) is 4.48. The van der Waals surface area contributed by atoms with Gasteiger partial charge < -0.3 is 20.7 Å². The van der Waals surface area contributed by atoms with Crippen LogP contribution in [0.1, 0.15) is 11.8 Å². The van der Waals surface area contributed by atoms with Gasteiger partial charge in [-0.3, -0.25) is 0 Å². The first-order valence-corrected chi connectivity index (χ1v) is 6.59. The van der Waals surface area contributed by atoms with E-state index < -0.39 is 37.0 Å². The van der Waals surface area contributed by atoms with Gasteiger partial charge in [0.05, 0.1) is 25.0 Å². The van der Waals surface area contributed by atoms with Gasteiger partial charge in [-0.25, -0.2) is 13.9 Å². The normalized spacial score (nSPS) is 29.5. The van der Waals surface area contributed by atoms with Crippen LogP contribution in [0.2, 0.25) is 0 Å². The summed E-state index contributed by atoms with van der Waals surface area (Å²) in [6, 6.07) is 4.89. The topological polar surface area (TPSA) is 130 Å². The SMILES string of the molecule is N#CC(CO)[C@]1(O)CO[C@@H](c2ccc3c(N)ncnn23)[C@@H]1F. The Hall–Kier alpha value is -2.28. The second-order valence-electron chi connectivity index (χ2n) is 5.19. The minimum Gasteiger partial charge on any atom is -0.395 e. The van der Waals surface area contributed by atoms with Crippen LogP contribution in [0, 0.1) is 17.2 Å². The summed E-state index contributed by atoms with van der Waals surface area (Å²) in [7, 11) is 0. The van der Waals surface area contributed by atoms with E-state index in [2.05, 4.69) is 10.1 Å². The lowest BCUT2D eigenvalue weighted by Crippen LogP contribution is -2.47. The van der Waals surface area contributed by atoms with Crippen LogP contribution in [-0.4, -0.2) is 49.8 Å². The van der Waals surface area contributed by atoms with E-state index in [0.717, 1.165) is 0 Å². The second-order valence-corrected chi connectivity index (χ2v) is 5.19. The van der Waals surface area contributed by atoms with Crippen molar-refractivity contribution < 1.29 is 19.3 Å². The standard InChI is InChI=1S/C13H14FN5O3/c14-11-10(22-5-13(11,21)7(3-15)4-20)8-1-2-9-12(16)17-6-18-19(8)9/h1-2,6-7,10-11,20-21H,4-5H2,(H2,16,17,18)/t7?,10-,11-,13+/m0/s1. The first-order valence-electron chi connectivity index (χ1n) is 6.59. The molecule has 0 saturated carbocycles. The summed E-state index contributed by atoms with van der Waals surface area (Å²) in [6.07, 6.45) is -1.78. The number of nitrogens with zero attached hydrogens (tertiary/aromatic N) is 4. The summed E-state index contributed by atoms with van der Waals surface area (Å²) in [4.78, 5) is 3.84. The highest BCUT2D eigenvalue weighted by Crippen LogP contribution is 2.42. The maximum atomic E-state index is 14.7. The largest absolute Gasteiger partial charge is 0.395 e.